The molecule has 0 aliphatic carbocycles. The molecule has 0 radical (unpaired) electrons. The lowest BCUT2D eigenvalue weighted by molar-refractivity contribution is -0.154. The number of benzene rings is 2. The summed E-state index contributed by atoms with van der Waals surface area (Å²) in [7, 11) is 0. The first-order chi connectivity index (χ1) is 13.9. The average molecular weight is 394 g/mol. The molecule has 1 N–H and O–H groups in total. The lowest BCUT2D eigenvalue weighted by Crippen LogP contribution is -2.33. The standard InChI is InChI=1S/C23H26N2O4/c1-16(2)20-8-4-18(5-9-20)12-13-25-22(26)15-28-23(27)17(3)29-21-10-6-19(14-24)7-11-21/h4-11,16-17H,12-13,15H2,1-3H3,(H,25,26). The second-order valence-electron chi connectivity index (χ2n) is 7.00. The molecule has 1 atom stereocenters. The van der Waals surface area contributed by atoms with Crippen molar-refractivity contribution in [2.75, 3.05) is 13.2 Å². The van der Waals surface area contributed by atoms with Crippen LogP contribution in [0.15, 0.2) is 48.5 Å². The van der Waals surface area contributed by atoms with Crippen LogP contribution in [0.1, 0.15) is 43.4 Å². The Hall–Kier alpha value is -3.33. The summed E-state index contributed by atoms with van der Waals surface area (Å²) in [5.74, 6) is -0.0559. The summed E-state index contributed by atoms with van der Waals surface area (Å²) in [5, 5.41) is 11.5. The van der Waals surface area contributed by atoms with Crippen LogP contribution < -0.4 is 10.1 Å². The van der Waals surface area contributed by atoms with Crippen molar-refractivity contribution >= 4 is 11.9 Å². The van der Waals surface area contributed by atoms with Crippen LogP contribution in [0.4, 0.5) is 0 Å². The molecule has 2 aromatic rings. The molecule has 0 aliphatic rings. The fraction of sp³-hybridized carbons (Fsp3) is 0.348. The van der Waals surface area contributed by atoms with E-state index in [9.17, 15) is 9.59 Å². The van der Waals surface area contributed by atoms with Crippen molar-refractivity contribution in [2.24, 2.45) is 0 Å². The normalized spacial score (nSPS) is 11.4. The van der Waals surface area contributed by atoms with Crippen LogP contribution >= 0.6 is 0 Å². The van der Waals surface area contributed by atoms with Crippen molar-refractivity contribution in [1.29, 1.82) is 5.26 Å². The van der Waals surface area contributed by atoms with Gasteiger partial charge in [-0.25, -0.2) is 4.79 Å². The number of ether oxygens (including phenoxy) is 2. The van der Waals surface area contributed by atoms with Gasteiger partial charge in [-0.2, -0.15) is 5.26 Å². The fourth-order valence-corrected chi connectivity index (χ4v) is 2.58. The molecule has 0 aromatic heterocycles. The number of nitriles is 1. The lowest BCUT2D eigenvalue weighted by Gasteiger charge is -2.14. The molecule has 6 heteroatoms. The Morgan fingerprint density at radius 2 is 1.69 bits per heavy atom. The van der Waals surface area contributed by atoms with E-state index in [1.807, 2.05) is 6.07 Å². The molecule has 1 amide bonds. The minimum absolute atomic E-state index is 0.355. The maximum atomic E-state index is 12.0. The van der Waals surface area contributed by atoms with E-state index in [4.69, 9.17) is 14.7 Å². The number of esters is 1. The first-order valence-corrected chi connectivity index (χ1v) is 9.58. The summed E-state index contributed by atoms with van der Waals surface area (Å²) in [4.78, 5) is 23.9. The van der Waals surface area contributed by atoms with Gasteiger partial charge < -0.3 is 14.8 Å². The van der Waals surface area contributed by atoms with Crippen LogP contribution in [0, 0.1) is 11.3 Å². The first-order valence-electron chi connectivity index (χ1n) is 9.58. The maximum absolute atomic E-state index is 12.0. The summed E-state index contributed by atoms with van der Waals surface area (Å²) in [6.45, 7) is 5.94. The van der Waals surface area contributed by atoms with Gasteiger partial charge in [-0.15, -0.1) is 0 Å². The monoisotopic (exact) mass is 394 g/mol. The van der Waals surface area contributed by atoms with Crippen LogP contribution in [-0.2, 0) is 20.7 Å². The second-order valence-corrected chi connectivity index (χ2v) is 7.00. The Balaban J connectivity index is 1.68. The van der Waals surface area contributed by atoms with Crippen LogP contribution in [0.2, 0.25) is 0 Å². The van der Waals surface area contributed by atoms with E-state index in [1.54, 1.807) is 31.2 Å². The van der Waals surface area contributed by atoms with Crippen molar-refractivity contribution in [2.45, 2.75) is 39.2 Å². The number of nitrogens with zero attached hydrogens (tertiary/aromatic N) is 1. The summed E-state index contributed by atoms with van der Waals surface area (Å²) in [6.07, 6.45) is -0.161. The highest BCUT2D eigenvalue weighted by atomic mass is 16.6. The number of hydrogen-bond acceptors (Lipinski definition) is 5. The molecule has 29 heavy (non-hydrogen) atoms. The number of carbonyl (C=O) groups is 2. The minimum Gasteiger partial charge on any atom is -0.479 e. The van der Waals surface area contributed by atoms with Crippen molar-refractivity contribution in [1.82, 2.24) is 5.32 Å². The van der Waals surface area contributed by atoms with Gasteiger partial charge in [-0.3, -0.25) is 4.79 Å². The highest BCUT2D eigenvalue weighted by Crippen LogP contribution is 2.15. The Labute approximate surface area is 171 Å². The first kappa shape index (κ1) is 22.0. The van der Waals surface area contributed by atoms with Crippen LogP contribution in [0.5, 0.6) is 5.75 Å². The van der Waals surface area contributed by atoms with E-state index in [-0.39, 0.29) is 12.5 Å². The molecule has 0 saturated carbocycles. The third kappa shape index (κ3) is 7.30. The zero-order valence-electron chi connectivity index (χ0n) is 17.0. The van der Waals surface area contributed by atoms with Gasteiger partial charge in [0.15, 0.2) is 12.7 Å². The zero-order chi connectivity index (χ0) is 21.2. The Morgan fingerprint density at radius 1 is 1.03 bits per heavy atom. The molecule has 0 spiro atoms. The summed E-state index contributed by atoms with van der Waals surface area (Å²) in [5.41, 5.74) is 2.92. The van der Waals surface area contributed by atoms with E-state index in [1.165, 1.54) is 5.56 Å². The quantitative estimate of drug-likeness (QED) is 0.659. The van der Waals surface area contributed by atoms with Gasteiger partial charge in [-0.1, -0.05) is 38.1 Å². The number of carbonyl (C=O) groups excluding carboxylic acids is 2. The molecule has 0 heterocycles. The Morgan fingerprint density at radius 3 is 2.28 bits per heavy atom. The Kier molecular flexibility index (Phi) is 8.23. The molecule has 0 bridgehead atoms. The van der Waals surface area contributed by atoms with Gasteiger partial charge in [-0.05, 0) is 54.7 Å². The number of amides is 1. The minimum atomic E-state index is -0.866. The SMILES string of the molecule is CC(Oc1ccc(C#N)cc1)C(=O)OCC(=O)NCCc1ccc(C(C)C)cc1. The van der Waals surface area contributed by atoms with Gasteiger partial charge >= 0.3 is 5.97 Å². The van der Waals surface area contributed by atoms with Crippen LogP contribution in [0.3, 0.4) is 0 Å². The number of nitrogens with one attached hydrogen (secondary N) is 1. The molecular formula is C23H26N2O4. The predicted octanol–water partition coefficient (Wildman–Crippen LogP) is 3.35. The zero-order valence-corrected chi connectivity index (χ0v) is 17.0. The second kappa shape index (κ2) is 10.9. The molecule has 2 aromatic carbocycles. The van der Waals surface area contributed by atoms with Crippen LogP contribution in [-0.4, -0.2) is 31.1 Å². The molecule has 0 aliphatic heterocycles. The summed E-state index contributed by atoms with van der Waals surface area (Å²) < 4.78 is 10.5. The van der Waals surface area contributed by atoms with E-state index < -0.39 is 12.1 Å². The van der Waals surface area contributed by atoms with Gasteiger partial charge in [0.1, 0.15) is 5.75 Å². The summed E-state index contributed by atoms with van der Waals surface area (Å²) >= 11 is 0. The number of hydrogen-bond donors (Lipinski definition) is 1. The lowest BCUT2D eigenvalue weighted by atomic mass is 10.0. The highest BCUT2D eigenvalue weighted by Gasteiger charge is 2.17. The van der Waals surface area contributed by atoms with Crippen molar-refractivity contribution < 1.29 is 19.1 Å². The molecular weight excluding hydrogens is 368 g/mol. The molecule has 0 saturated heterocycles. The van der Waals surface area contributed by atoms with Gasteiger partial charge in [0.05, 0.1) is 11.6 Å². The smallest absolute Gasteiger partial charge is 0.347 e. The third-order valence-electron chi connectivity index (χ3n) is 4.36. The molecule has 1 unspecified atom stereocenters. The third-order valence-corrected chi connectivity index (χ3v) is 4.36. The van der Waals surface area contributed by atoms with Gasteiger partial charge in [0, 0.05) is 6.54 Å². The predicted molar refractivity (Wildman–Crippen MR) is 109 cm³/mol. The van der Waals surface area contributed by atoms with Gasteiger partial charge in [0.25, 0.3) is 5.91 Å². The van der Waals surface area contributed by atoms with Crippen molar-refractivity contribution in [3.8, 4) is 11.8 Å². The van der Waals surface area contributed by atoms with Gasteiger partial charge in [0.2, 0.25) is 0 Å². The maximum Gasteiger partial charge on any atom is 0.347 e. The largest absolute Gasteiger partial charge is 0.479 e. The highest BCUT2D eigenvalue weighted by molar-refractivity contribution is 5.82. The van der Waals surface area contributed by atoms with Crippen molar-refractivity contribution in [3.63, 3.8) is 0 Å². The van der Waals surface area contributed by atoms with E-state index in [0.29, 0.717) is 30.2 Å². The van der Waals surface area contributed by atoms with E-state index >= 15 is 0 Å². The average Bonchev–Trinajstić information content (AvgIpc) is 2.72. The summed E-state index contributed by atoms with van der Waals surface area (Å²) in [6, 6.07) is 16.7. The molecule has 0 fully saturated rings. The fourth-order valence-electron chi connectivity index (χ4n) is 2.58. The van der Waals surface area contributed by atoms with E-state index in [0.717, 1.165) is 5.56 Å². The number of rotatable bonds is 9. The molecule has 2 rings (SSSR count). The van der Waals surface area contributed by atoms with Crippen LogP contribution in [0.25, 0.3) is 0 Å². The topological polar surface area (TPSA) is 88.4 Å². The van der Waals surface area contributed by atoms with E-state index in [2.05, 4.69) is 43.4 Å². The molecule has 152 valence electrons. The molecule has 6 nitrogen and oxygen atoms in total. The Bertz CT molecular complexity index is 852. The van der Waals surface area contributed by atoms with Crippen molar-refractivity contribution in [3.05, 3.63) is 65.2 Å².